The largest absolute Gasteiger partial charge is 0.494 e. The van der Waals surface area contributed by atoms with E-state index in [0.29, 0.717) is 11.7 Å². The van der Waals surface area contributed by atoms with Gasteiger partial charge in [0, 0.05) is 12.3 Å². The van der Waals surface area contributed by atoms with Crippen LogP contribution >= 0.6 is 0 Å². The van der Waals surface area contributed by atoms with Crippen molar-refractivity contribution in [2.75, 3.05) is 6.61 Å². The van der Waals surface area contributed by atoms with Crippen LogP contribution in [0.5, 0.6) is 5.75 Å². The first-order chi connectivity index (χ1) is 15.7. The second-order valence-electron chi connectivity index (χ2n) is 9.57. The summed E-state index contributed by atoms with van der Waals surface area (Å²) in [6.07, 6.45) is 14.4. The average molecular weight is 435 g/mol. The van der Waals surface area contributed by atoms with Crippen LogP contribution in [0.4, 0.5) is 0 Å². The number of carbonyl (C=O) groups is 1. The van der Waals surface area contributed by atoms with Gasteiger partial charge in [-0.25, -0.2) is 0 Å². The summed E-state index contributed by atoms with van der Waals surface area (Å²) in [5, 5.41) is 0. The zero-order chi connectivity index (χ0) is 22.6. The lowest BCUT2D eigenvalue weighted by atomic mass is 9.76. The quantitative estimate of drug-likeness (QED) is 0.295. The zero-order valence-electron chi connectivity index (χ0n) is 20.3. The summed E-state index contributed by atoms with van der Waals surface area (Å²) in [6, 6.07) is 17.1. The summed E-state index contributed by atoms with van der Waals surface area (Å²) in [4.78, 5) is 12.7. The van der Waals surface area contributed by atoms with Gasteiger partial charge < -0.3 is 4.74 Å². The van der Waals surface area contributed by atoms with E-state index in [1.165, 1.54) is 74.5 Å². The topological polar surface area (TPSA) is 26.3 Å². The summed E-state index contributed by atoms with van der Waals surface area (Å²) in [5.41, 5.74) is 3.57. The number of Topliss-reactive ketones (excluding diaryl/α,β-unsaturated/α-hetero) is 1. The van der Waals surface area contributed by atoms with Crippen LogP contribution in [0.3, 0.4) is 0 Å². The van der Waals surface area contributed by atoms with E-state index < -0.39 is 0 Å². The van der Waals surface area contributed by atoms with Crippen molar-refractivity contribution in [1.82, 2.24) is 0 Å². The molecule has 0 unspecified atom stereocenters. The van der Waals surface area contributed by atoms with E-state index in [0.717, 1.165) is 31.6 Å². The molecule has 0 bridgehead atoms. The monoisotopic (exact) mass is 434 g/mol. The summed E-state index contributed by atoms with van der Waals surface area (Å²) >= 11 is 0. The van der Waals surface area contributed by atoms with E-state index in [1.807, 2.05) is 0 Å². The van der Waals surface area contributed by atoms with Crippen molar-refractivity contribution >= 4 is 5.78 Å². The molecule has 0 spiro atoms. The minimum Gasteiger partial charge on any atom is -0.494 e. The molecule has 3 rings (SSSR count). The van der Waals surface area contributed by atoms with Crippen LogP contribution < -0.4 is 4.74 Å². The van der Waals surface area contributed by atoms with E-state index in [9.17, 15) is 4.79 Å². The Hall–Kier alpha value is -2.09. The molecule has 2 aromatic carbocycles. The Bertz CT molecular complexity index is 791. The molecule has 2 heteroatoms. The fourth-order valence-electron chi connectivity index (χ4n) is 4.91. The molecule has 0 radical (unpaired) electrons. The molecule has 0 heterocycles. The minimum atomic E-state index is 0.0969. The van der Waals surface area contributed by atoms with Crippen LogP contribution in [0.25, 0.3) is 11.1 Å². The molecular formula is C30H42O2. The third-order valence-electron chi connectivity index (χ3n) is 6.98. The van der Waals surface area contributed by atoms with Gasteiger partial charge in [-0.1, -0.05) is 102 Å². The highest BCUT2D eigenvalue weighted by Gasteiger charge is 2.29. The molecule has 0 saturated heterocycles. The number of hydrogen-bond acceptors (Lipinski definition) is 2. The first-order valence-electron chi connectivity index (χ1n) is 13.1. The maximum Gasteiger partial charge on any atom is 0.140 e. The Labute approximate surface area is 195 Å². The Kier molecular flexibility index (Phi) is 10.3. The van der Waals surface area contributed by atoms with Gasteiger partial charge >= 0.3 is 0 Å². The van der Waals surface area contributed by atoms with Gasteiger partial charge in [-0.2, -0.15) is 0 Å². The predicted octanol–water partition coefficient (Wildman–Crippen LogP) is 8.74. The van der Waals surface area contributed by atoms with Crippen LogP contribution in [0.2, 0.25) is 0 Å². The molecule has 1 aliphatic carbocycles. The first kappa shape index (κ1) is 24.6. The molecule has 0 aliphatic heterocycles. The maximum absolute atomic E-state index is 12.7. The van der Waals surface area contributed by atoms with Crippen LogP contribution in [0.1, 0.15) is 102 Å². The summed E-state index contributed by atoms with van der Waals surface area (Å²) < 4.78 is 5.91. The van der Waals surface area contributed by atoms with Crippen LogP contribution in [-0.4, -0.2) is 12.4 Å². The third kappa shape index (κ3) is 7.50. The van der Waals surface area contributed by atoms with Gasteiger partial charge in [0.05, 0.1) is 6.61 Å². The Morgan fingerprint density at radius 2 is 1.38 bits per heavy atom. The van der Waals surface area contributed by atoms with Gasteiger partial charge in [0.25, 0.3) is 0 Å². The predicted molar refractivity (Wildman–Crippen MR) is 135 cm³/mol. The maximum atomic E-state index is 12.7. The number of carbonyl (C=O) groups excluding carboxylic acids is 1. The van der Waals surface area contributed by atoms with Crippen LogP contribution in [0.15, 0.2) is 48.5 Å². The van der Waals surface area contributed by atoms with Crippen molar-refractivity contribution in [2.24, 2.45) is 5.92 Å². The average Bonchev–Trinajstić information content (AvgIpc) is 2.83. The van der Waals surface area contributed by atoms with E-state index in [-0.39, 0.29) is 5.92 Å². The number of rotatable bonds is 13. The van der Waals surface area contributed by atoms with Crippen LogP contribution in [-0.2, 0) is 4.79 Å². The van der Waals surface area contributed by atoms with E-state index >= 15 is 0 Å². The van der Waals surface area contributed by atoms with Crippen molar-refractivity contribution < 1.29 is 9.53 Å². The molecule has 1 aliphatic rings. The fraction of sp³-hybridized carbons (Fsp3) is 0.567. The standard InChI is InChI=1S/C30H42O2/c1-3-5-7-8-9-10-22-32-28-19-17-26(18-20-28)25-13-15-27(16-14-25)29-21-12-24(11-6-4-2)23-30(29)31/h13-20,24,29H,3-12,21-23H2,1-2H3/t24-,29+/m1/s1. The SMILES string of the molecule is CCCCCCCCOc1ccc(-c2ccc([C@@H]3CC[C@@H](CCCC)CC3=O)cc2)cc1. The molecule has 32 heavy (non-hydrogen) atoms. The third-order valence-corrected chi connectivity index (χ3v) is 6.98. The number of ether oxygens (including phenoxy) is 1. The molecule has 1 fully saturated rings. The van der Waals surface area contributed by atoms with Crippen molar-refractivity contribution in [2.45, 2.75) is 96.8 Å². The van der Waals surface area contributed by atoms with E-state index in [1.54, 1.807) is 0 Å². The minimum absolute atomic E-state index is 0.0969. The number of hydrogen-bond donors (Lipinski definition) is 0. The zero-order valence-corrected chi connectivity index (χ0v) is 20.3. The fourth-order valence-corrected chi connectivity index (χ4v) is 4.91. The van der Waals surface area contributed by atoms with Crippen molar-refractivity contribution in [3.8, 4) is 16.9 Å². The molecule has 2 aromatic rings. The van der Waals surface area contributed by atoms with Crippen molar-refractivity contribution in [3.05, 3.63) is 54.1 Å². The van der Waals surface area contributed by atoms with Crippen molar-refractivity contribution in [3.63, 3.8) is 0 Å². The number of ketones is 1. The Morgan fingerprint density at radius 1 is 0.750 bits per heavy atom. The highest BCUT2D eigenvalue weighted by molar-refractivity contribution is 5.86. The second-order valence-corrected chi connectivity index (χ2v) is 9.57. The van der Waals surface area contributed by atoms with Gasteiger partial charge in [-0.15, -0.1) is 0 Å². The number of benzene rings is 2. The molecule has 2 nitrogen and oxygen atoms in total. The molecular weight excluding hydrogens is 392 g/mol. The summed E-state index contributed by atoms with van der Waals surface area (Å²) in [7, 11) is 0. The summed E-state index contributed by atoms with van der Waals surface area (Å²) in [6.45, 7) is 5.28. The molecule has 0 amide bonds. The Morgan fingerprint density at radius 3 is 2.03 bits per heavy atom. The molecule has 174 valence electrons. The lowest BCUT2D eigenvalue weighted by Gasteiger charge is -2.27. The van der Waals surface area contributed by atoms with E-state index in [2.05, 4.69) is 62.4 Å². The second kappa shape index (κ2) is 13.5. The van der Waals surface area contributed by atoms with Gasteiger partial charge in [-0.05, 0) is 54.0 Å². The van der Waals surface area contributed by atoms with Gasteiger partial charge in [-0.3, -0.25) is 4.79 Å². The molecule has 1 saturated carbocycles. The normalized spacial score (nSPS) is 18.6. The smallest absolute Gasteiger partial charge is 0.140 e. The highest BCUT2D eigenvalue weighted by atomic mass is 16.5. The van der Waals surface area contributed by atoms with Gasteiger partial charge in [0.15, 0.2) is 0 Å². The van der Waals surface area contributed by atoms with Gasteiger partial charge in [0.2, 0.25) is 0 Å². The van der Waals surface area contributed by atoms with Gasteiger partial charge in [0.1, 0.15) is 11.5 Å². The van der Waals surface area contributed by atoms with Crippen molar-refractivity contribution in [1.29, 1.82) is 0 Å². The number of unbranched alkanes of at least 4 members (excludes halogenated alkanes) is 6. The summed E-state index contributed by atoms with van der Waals surface area (Å²) in [5.74, 6) is 2.10. The van der Waals surface area contributed by atoms with E-state index in [4.69, 9.17) is 4.74 Å². The highest BCUT2D eigenvalue weighted by Crippen LogP contribution is 2.36. The Balaban J connectivity index is 1.47. The molecule has 0 N–H and O–H groups in total. The lowest BCUT2D eigenvalue weighted by molar-refractivity contribution is -0.123. The van der Waals surface area contributed by atoms with Crippen LogP contribution in [0, 0.1) is 5.92 Å². The molecule has 0 aromatic heterocycles. The molecule has 2 atom stereocenters. The first-order valence-corrected chi connectivity index (χ1v) is 13.1. The lowest BCUT2D eigenvalue weighted by Crippen LogP contribution is -2.23.